The Morgan fingerprint density at radius 2 is 1.69 bits per heavy atom. The molecule has 0 unspecified atom stereocenters. The molecule has 0 radical (unpaired) electrons. The van der Waals surface area contributed by atoms with Crippen LogP contribution in [0.1, 0.15) is 55.8 Å². The van der Waals surface area contributed by atoms with Crippen LogP contribution in [0.15, 0.2) is 29.2 Å². The summed E-state index contributed by atoms with van der Waals surface area (Å²) in [7, 11) is -2.43. The van der Waals surface area contributed by atoms with Crippen LogP contribution in [0, 0.1) is 5.92 Å². The van der Waals surface area contributed by atoms with Gasteiger partial charge in [-0.15, -0.1) is 0 Å². The first-order chi connectivity index (χ1) is 15.2. The molecular formula is C22H30N2O7S. The van der Waals surface area contributed by atoms with Gasteiger partial charge >= 0.3 is 11.9 Å². The third-order valence-electron chi connectivity index (χ3n) is 6.22. The Labute approximate surface area is 188 Å². The number of esters is 2. The van der Waals surface area contributed by atoms with Gasteiger partial charge in [0.25, 0.3) is 0 Å². The Morgan fingerprint density at radius 3 is 2.22 bits per heavy atom. The molecule has 10 heteroatoms. The second-order valence-electron chi connectivity index (χ2n) is 8.19. The van der Waals surface area contributed by atoms with Gasteiger partial charge in [0.15, 0.2) is 0 Å². The summed E-state index contributed by atoms with van der Waals surface area (Å²) in [4.78, 5) is 36.9. The lowest BCUT2D eigenvalue weighted by atomic mass is 9.92. The van der Waals surface area contributed by atoms with Gasteiger partial charge in [-0.3, -0.25) is 4.79 Å². The van der Waals surface area contributed by atoms with E-state index in [1.54, 1.807) is 6.92 Å². The second-order valence-corrected chi connectivity index (χ2v) is 10.1. The molecule has 1 aliphatic heterocycles. The van der Waals surface area contributed by atoms with Crippen LogP contribution in [0.25, 0.3) is 0 Å². The van der Waals surface area contributed by atoms with E-state index in [9.17, 15) is 22.8 Å². The Balaban J connectivity index is 1.61. The van der Waals surface area contributed by atoms with E-state index >= 15 is 0 Å². The lowest BCUT2D eigenvalue weighted by Gasteiger charge is -2.33. The van der Waals surface area contributed by atoms with Gasteiger partial charge in [0, 0.05) is 19.0 Å². The summed E-state index contributed by atoms with van der Waals surface area (Å²) < 4.78 is 37.1. The summed E-state index contributed by atoms with van der Waals surface area (Å²) in [6, 6.07) is 5.64. The molecule has 1 heterocycles. The van der Waals surface area contributed by atoms with E-state index in [4.69, 9.17) is 9.47 Å². The molecule has 1 N–H and O–H groups in total. The van der Waals surface area contributed by atoms with Gasteiger partial charge in [-0.05, 0) is 56.9 Å². The number of methoxy groups -OCH3 is 1. The van der Waals surface area contributed by atoms with Crippen LogP contribution in [0.2, 0.25) is 0 Å². The van der Waals surface area contributed by atoms with E-state index in [0.29, 0.717) is 25.7 Å². The highest BCUT2D eigenvalue weighted by Crippen LogP contribution is 2.32. The topological polar surface area (TPSA) is 119 Å². The Kier molecular flexibility index (Phi) is 7.55. The van der Waals surface area contributed by atoms with Gasteiger partial charge in [0.05, 0.1) is 24.2 Å². The van der Waals surface area contributed by atoms with Crippen molar-refractivity contribution in [2.75, 3.05) is 26.8 Å². The SMILES string of the molecule is CCOC(=O)c1ccc(S(=O)(=O)N2CCC(C(=O)NC3(C(=O)OC)CCCC3)CC2)cc1. The highest BCUT2D eigenvalue weighted by molar-refractivity contribution is 7.89. The van der Waals surface area contributed by atoms with Crippen LogP contribution < -0.4 is 5.32 Å². The first-order valence-corrected chi connectivity index (χ1v) is 12.4. The molecule has 2 fully saturated rings. The lowest BCUT2D eigenvalue weighted by Crippen LogP contribution is -2.55. The average molecular weight is 467 g/mol. The van der Waals surface area contributed by atoms with E-state index in [1.807, 2.05) is 0 Å². The number of amides is 1. The van der Waals surface area contributed by atoms with Crippen LogP contribution >= 0.6 is 0 Å². The fraction of sp³-hybridized carbons (Fsp3) is 0.591. The number of carbonyl (C=O) groups is 3. The number of ether oxygens (including phenoxy) is 2. The molecule has 1 amide bonds. The molecule has 3 rings (SSSR count). The van der Waals surface area contributed by atoms with Gasteiger partial charge < -0.3 is 14.8 Å². The quantitative estimate of drug-likeness (QED) is 0.609. The average Bonchev–Trinajstić information content (AvgIpc) is 3.28. The minimum absolute atomic E-state index is 0.0871. The van der Waals surface area contributed by atoms with Crippen LogP contribution in [0.3, 0.4) is 0 Å². The van der Waals surface area contributed by atoms with Crippen molar-refractivity contribution >= 4 is 27.9 Å². The molecule has 1 aromatic carbocycles. The van der Waals surface area contributed by atoms with Gasteiger partial charge in [-0.2, -0.15) is 4.31 Å². The van der Waals surface area contributed by atoms with Crippen LogP contribution in [0.5, 0.6) is 0 Å². The van der Waals surface area contributed by atoms with Crippen molar-refractivity contribution < 1.29 is 32.3 Å². The van der Waals surface area contributed by atoms with E-state index in [-0.39, 0.29) is 42.0 Å². The van der Waals surface area contributed by atoms with Crippen molar-refractivity contribution in [1.29, 1.82) is 0 Å². The van der Waals surface area contributed by atoms with Crippen LogP contribution in [-0.2, 0) is 29.1 Å². The number of carbonyl (C=O) groups excluding carboxylic acids is 3. The minimum atomic E-state index is -3.74. The normalized spacial score (nSPS) is 19.3. The Hall–Kier alpha value is -2.46. The molecule has 0 aromatic heterocycles. The molecule has 1 saturated carbocycles. The molecule has 1 aromatic rings. The molecule has 1 aliphatic carbocycles. The maximum Gasteiger partial charge on any atom is 0.338 e. The molecule has 0 spiro atoms. The fourth-order valence-corrected chi connectivity index (χ4v) is 5.85. The molecule has 0 atom stereocenters. The fourth-order valence-electron chi connectivity index (χ4n) is 4.38. The van der Waals surface area contributed by atoms with E-state index in [2.05, 4.69) is 5.32 Å². The number of sulfonamides is 1. The van der Waals surface area contributed by atoms with E-state index < -0.39 is 27.5 Å². The molecule has 176 valence electrons. The van der Waals surface area contributed by atoms with E-state index in [0.717, 1.165) is 12.8 Å². The highest BCUT2D eigenvalue weighted by Gasteiger charge is 2.45. The van der Waals surface area contributed by atoms with Gasteiger partial charge in [0.2, 0.25) is 15.9 Å². The molecule has 2 aliphatic rings. The number of hydrogen-bond acceptors (Lipinski definition) is 7. The Morgan fingerprint density at radius 1 is 1.09 bits per heavy atom. The predicted molar refractivity (Wildman–Crippen MR) is 115 cm³/mol. The molecule has 9 nitrogen and oxygen atoms in total. The summed E-state index contributed by atoms with van der Waals surface area (Å²) >= 11 is 0. The Bertz CT molecular complexity index is 945. The summed E-state index contributed by atoms with van der Waals surface area (Å²) in [6.45, 7) is 2.34. The van der Waals surface area contributed by atoms with Gasteiger partial charge in [-0.25, -0.2) is 18.0 Å². The summed E-state index contributed by atoms with van der Waals surface area (Å²) in [5.74, 6) is -1.52. The van der Waals surface area contributed by atoms with Gasteiger partial charge in [0.1, 0.15) is 5.54 Å². The van der Waals surface area contributed by atoms with Crippen molar-refractivity contribution in [2.24, 2.45) is 5.92 Å². The maximum absolute atomic E-state index is 13.0. The largest absolute Gasteiger partial charge is 0.467 e. The second kappa shape index (κ2) is 9.99. The van der Waals surface area contributed by atoms with Crippen molar-refractivity contribution in [3.05, 3.63) is 29.8 Å². The third-order valence-corrected chi connectivity index (χ3v) is 8.14. The van der Waals surface area contributed by atoms with Crippen molar-refractivity contribution in [1.82, 2.24) is 9.62 Å². The van der Waals surface area contributed by atoms with Gasteiger partial charge in [-0.1, -0.05) is 12.8 Å². The minimum Gasteiger partial charge on any atom is -0.467 e. The smallest absolute Gasteiger partial charge is 0.338 e. The monoisotopic (exact) mass is 466 g/mol. The zero-order valence-electron chi connectivity index (χ0n) is 18.5. The summed E-state index contributed by atoms with van der Waals surface area (Å²) in [5.41, 5.74) is -0.678. The first kappa shape index (κ1) is 24.2. The molecule has 1 saturated heterocycles. The predicted octanol–water partition coefficient (Wildman–Crippen LogP) is 1.87. The standard InChI is InChI=1S/C22H30N2O7S/c1-3-31-20(26)17-6-8-18(9-7-17)32(28,29)24-14-10-16(11-15-24)19(25)23-22(21(27)30-2)12-4-5-13-22/h6-9,16H,3-5,10-15H2,1-2H3,(H,23,25). The zero-order chi connectivity index (χ0) is 23.4. The van der Waals surface area contributed by atoms with Crippen molar-refractivity contribution in [2.45, 2.75) is 55.9 Å². The zero-order valence-corrected chi connectivity index (χ0v) is 19.3. The number of nitrogens with one attached hydrogen (secondary N) is 1. The van der Waals surface area contributed by atoms with Crippen molar-refractivity contribution in [3.8, 4) is 0 Å². The number of benzene rings is 1. The maximum atomic E-state index is 13.0. The molecular weight excluding hydrogens is 436 g/mol. The summed E-state index contributed by atoms with van der Waals surface area (Å²) in [5, 5.41) is 2.90. The number of hydrogen-bond donors (Lipinski definition) is 1. The van der Waals surface area contributed by atoms with Crippen LogP contribution in [0.4, 0.5) is 0 Å². The number of piperidine rings is 1. The molecule has 32 heavy (non-hydrogen) atoms. The first-order valence-electron chi connectivity index (χ1n) is 10.9. The van der Waals surface area contributed by atoms with Crippen LogP contribution in [-0.4, -0.2) is 62.9 Å². The third kappa shape index (κ3) is 4.96. The lowest BCUT2D eigenvalue weighted by molar-refractivity contribution is -0.151. The highest BCUT2D eigenvalue weighted by atomic mass is 32.2. The van der Waals surface area contributed by atoms with E-state index in [1.165, 1.54) is 35.7 Å². The van der Waals surface area contributed by atoms with Crippen molar-refractivity contribution in [3.63, 3.8) is 0 Å². The number of rotatable bonds is 7. The summed E-state index contributed by atoms with van der Waals surface area (Å²) in [6.07, 6.45) is 3.54. The number of nitrogens with zero attached hydrogens (tertiary/aromatic N) is 1. The molecule has 0 bridgehead atoms.